The molecule has 23 heavy (non-hydrogen) atoms. The highest BCUT2D eigenvalue weighted by Crippen LogP contribution is 2.20. The molecule has 6 nitrogen and oxygen atoms in total. The monoisotopic (exact) mass is 331 g/mol. The summed E-state index contributed by atoms with van der Waals surface area (Å²) in [5.41, 5.74) is 1.10. The second-order valence-electron chi connectivity index (χ2n) is 5.36. The normalized spacial score (nSPS) is 19.4. The Hall–Kier alpha value is -2.41. The van der Waals surface area contributed by atoms with Crippen LogP contribution in [-0.4, -0.2) is 30.4 Å². The first-order valence-corrected chi connectivity index (χ1v) is 8.89. The number of carbonyl (C=O) groups is 1. The molecule has 1 fully saturated rings. The van der Waals surface area contributed by atoms with Crippen molar-refractivity contribution < 1.29 is 13.2 Å². The van der Waals surface area contributed by atoms with Gasteiger partial charge in [-0.1, -0.05) is 6.07 Å². The third-order valence-corrected chi connectivity index (χ3v) is 5.21. The van der Waals surface area contributed by atoms with Gasteiger partial charge in [0.2, 0.25) is 5.91 Å². The van der Waals surface area contributed by atoms with E-state index in [-0.39, 0.29) is 23.0 Å². The van der Waals surface area contributed by atoms with Crippen molar-refractivity contribution in [1.29, 1.82) is 0 Å². The first-order valence-electron chi connectivity index (χ1n) is 7.07. The number of amides is 1. The summed E-state index contributed by atoms with van der Waals surface area (Å²) in [6.07, 6.45) is 3.18. The molecule has 1 aliphatic rings. The van der Waals surface area contributed by atoms with Crippen molar-refractivity contribution in [1.82, 2.24) is 4.57 Å². The number of hydrogen-bond acceptors (Lipinski definition) is 4. The molecule has 2 heterocycles. The van der Waals surface area contributed by atoms with Crippen molar-refractivity contribution in [3.63, 3.8) is 0 Å². The van der Waals surface area contributed by atoms with Gasteiger partial charge in [-0.25, -0.2) is 8.42 Å². The molecule has 1 aliphatic heterocycles. The fraction of sp³-hybridized carbons (Fsp3) is 0.188. The van der Waals surface area contributed by atoms with Crippen LogP contribution in [0.15, 0.2) is 53.5 Å². The standard InChI is InChI=1S/C16H15N2O4S/c19-15-3-1-2-9-18(15)14-6-4-13(5-7-14)17-16(20)12-8-10-23(21,22)11-12/h1-9,12H,10-11H2,(H,17,20). The number of nitrogens with zero attached hydrogens (tertiary/aromatic N) is 1. The van der Waals surface area contributed by atoms with Crippen LogP contribution in [0.3, 0.4) is 0 Å². The molecule has 0 saturated carbocycles. The highest BCUT2D eigenvalue weighted by Gasteiger charge is 2.33. The Morgan fingerprint density at radius 3 is 2.48 bits per heavy atom. The summed E-state index contributed by atoms with van der Waals surface area (Å²) in [5.74, 6) is -1.15. The zero-order valence-electron chi connectivity index (χ0n) is 12.2. The summed E-state index contributed by atoms with van der Waals surface area (Å²) in [7, 11) is -3.13. The summed E-state index contributed by atoms with van der Waals surface area (Å²) in [4.78, 5) is 23.8. The maximum Gasteiger partial charge on any atom is 0.255 e. The highest BCUT2D eigenvalue weighted by atomic mass is 32.2. The summed E-state index contributed by atoms with van der Waals surface area (Å²) in [6, 6.07) is 11.7. The van der Waals surface area contributed by atoms with E-state index in [4.69, 9.17) is 0 Å². The molecule has 1 atom stereocenters. The van der Waals surface area contributed by atoms with E-state index in [1.54, 1.807) is 42.6 Å². The Kier molecular flexibility index (Phi) is 4.04. The molecular formula is C16H15N2O4S. The minimum atomic E-state index is -3.13. The quantitative estimate of drug-likeness (QED) is 0.910. The number of pyridine rings is 1. The van der Waals surface area contributed by atoms with E-state index in [9.17, 15) is 18.0 Å². The second-order valence-corrected chi connectivity index (χ2v) is 7.52. The van der Waals surface area contributed by atoms with Gasteiger partial charge in [-0.05, 0) is 36.8 Å². The zero-order chi connectivity index (χ0) is 16.4. The molecule has 1 radical (unpaired) electrons. The van der Waals surface area contributed by atoms with Crippen molar-refractivity contribution in [2.75, 3.05) is 16.8 Å². The highest BCUT2D eigenvalue weighted by molar-refractivity contribution is 7.91. The fourth-order valence-electron chi connectivity index (χ4n) is 2.44. The van der Waals surface area contributed by atoms with Crippen LogP contribution in [-0.2, 0) is 14.6 Å². The summed E-state index contributed by atoms with van der Waals surface area (Å²) < 4.78 is 24.3. The molecule has 0 spiro atoms. The number of carbonyl (C=O) groups excluding carboxylic acids is 1. The molecule has 119 valence electrons. The second kappa shape index (κ2) is 6.00. The Morgan fingerprint density at radius 2 is 1.87 bits per heavy atom. The van der Waals surface area contributed by atoms with E-state index < -0.39 is 15.8 Å². The maximum atomic E-state index is 12.0. The third kappa shape index (κ3) is 3.50. The number of aromatic nitrogens is 1. The molecule has 1 aromatic carbocycles. The lowest BCUT2D eigenvalue weighted by Gasteiger charge is -2.10. The molecule has 7 heteroatoms. The first-order chi connectivity index (χ1) is 10.9. The molecule has 3 rings (SSSR count). The number of anilines is 1. The summed E-state index contributed by atoms with van der Waals surface area (Å²) >= 11 is 0. The van der Waals surface area contributed by atoms with Gasteiger partial charge in [-0.15, -0.1) is 0 Å². The van der Waals surface area contributed by atoms with Crippen LogP contribution >= 0.6 is 0 Å². The van der Waals surface area contributed by atoms with Crippen LogP contribution in [0.1, 0.15) is 0 Å². The van der Waals surface area contributed by atoms with Gasteiger partial charge in [0.05, 0.1) is 17.4 Å². The minimum Gasteiger partial charge on any atom is -0.326 e. The van der Waals surface area contributed by atoms with Crippen LogP contribution in [0.2, 0.25) is 0 Å². The third-order valence-electron chi connectivity index (χ3n) is 3.64. The molecule has 0 aliphatic carbocycles. The summed E-state index contributed by atoms with van der Waals surface area (Å²) in [5, 5.41) is 2.69. The van der Waals surface area contributed by atoms with Gasteiger partial charge >= 0.3 is 0 Å². The van der Waals surface area contributed by atoms with E-state index in [1.807, 2.05) is 0 Å². The van der Waals surface area contributed by atoms with Crippen LogP contribution < -0.4 is 10.9 Å². The minimum absolute atomic E-state index is 0.0546. The molecule has 1 unspecified atom stereocenters. The van der Waals surface area contributed by atoms with Gasteiger partial charge in [0, 0.05) is 23.6 Å². The van der Waals surface area contributed by atoms with Gasteiger partial charge in [0.1, 0.15) is 0 Å². The molecule has 2 aromatic rings. The number of sulfone groups is 1. The van der Waals surface area contributed by atoms with Gasteiger partial charge < -0.3 is 5.32 Å². The van der Waals surface area contributed by atoms with Gasteiger partial charge in [0.25, 0.3) is 5.56 Å². The van der Waals surface area contributed by atoms with Crippen molar-refractivity contribution in [3.8, 4) is 5.69 Å². The fourth-order valence-corrected chi connectivity index (χ4v) is 3.93. The lowest BCUT2D eigenvalue weighted by Crippen LogP contribution is -2.24. The van der Waals surface area contributed by atoms with Crippen LogP contribution in [0, 0.1) is 12.3 Å². The van der Waals surface area contributed by atoms with E-state index in [0.717, 1.165) is 0 Å². The van der Waals surface area contributed by atoms with E-state index in [1.165, 1.54) is 17.1 Å². The molecule has 1 N–H and O–H groups in total. The number of benzene rings is 1. The predicted molar refractivity (Wildman–Crippen MR) is 87.1 cm³/mol. The molecule has 0 bridgehead atoms. The van der Waals surface area contributed by atoms with E-state index in [0.29, 0.717) is 11.4 Å². The van der Waals surface area contributed by atoms with E-state index in [2.05, 4.69) is 5.32 Å². The van der Waals surface area contributed by atoms with Crippen LogP contribution in [0.25, 0.3) is 5.69 Å². The first kappa shape index (κ1) is 15.5. The molecule has 1 saturated heterocycles. The van der Waals surface area contributed by atoms with Crippen molar-refractivity contribution in [2.45, 2.75) is 0 Å². The Morgan fingerprint density at radius 1 is 1.13 bits per heavy atom. The Balaban J connectivity index is 1.72. The molecule has 1 amide bonds. The topological polar surface area (TPSA) is 85.2 Å². The lowest BCUT2D eigenvalue weighted by molar-refractivity contribution is -0.118. The largest absolute Gasteiger partial charge is 0.326 e. The van der Waals surface area contributed by atoms with Gasteiger partial charge in [-0.3, -0.25) is 14.2 Å². The number of nitrogens with one attached hydrogen (secondary N) is 1. The predicted octanol–water partition coefficient (Wildman–Crippen LogP) is 1.02. The SMILES string of the molecule is O=C(Nc1ccc(-n2ccccc2=O)cc1)C1[CH]CS(=O)(=O)C1. The maximum absolute atomic E-state index is 12.0. The smallest absolute Gasteiger partial charge is 0.255 e. The van der Waals surface area contributed by atoms with Crippen molar-refractivity contribution >= 4 is 21.4 Å². The molecule has 1 aromatic heterocycles. The average molecular weight is 331 g/mol. The Labute approximate surface area is 133 Å². The number of rotatable bonds is 3. The zero-order valence-corrected chi connectivity index (χ0v) is 13.0. The van der Waals surface area contributed by atoms with Crippen molar-refractivity contribution in [2.24, 2.45) is 5.92 Å². The molecular weight excluding hydrogens is 316 g/mol. The van der Waals surface area contributed by atoms with E-state index >= 15 is 0 Å². The lowest BCUT2D eigenvalue weighted by atomic mass is 10.1. The van der Waals surface area contributed by atoms with Gasteiger partial charge in [0.15, 0.2) is 9.84 Å². The summed E-state index contributed by atoms with van der Waals surface area (Å²) in [6.45, 7) is 0. The average Bonchev–Trinajstić information content (AvgIpc) is 2.89. The number of hydrogen-bond donors (Lipinski definition) is 1. The van der Waals surface area contributed by atoms with Crippen LogP contribution in [0.4, 0.5) is 5.69 Å². The van der Waals surface area contributed by atoms with Crippen molar-refractivity contribution in [3.05, 3.63) is 65.4 Å². The van der Waals surface area contributed by atoms with Crippen LogP contribution in [0.5, 0.6) is 0 Å². The Bertz CT molecular complexity index is 885. The van der Waals surface area contributed by atoms with Gasteiger partial charge in [-0.2, -0.15) is 0 Å².